The second-order valence-corrected chi connectivity index (χ2v) is 5.73. The number of nitrogens with one attached hydrogen (secondary N) is 1. The van der Waals surface area contributed by atoms with Gasteiger partial charge in [-0.25, -0.2) is 0 Å². The van der Waals surface area contributed by atoms with Crippen LogP contribution in [0.25, 0.3) is 0 Å². The number of alkyl halides is 3. The van der Waals surface area contributed by atoms with Crippen molar-refractivity contribution in [1.82, 2.24) is 5.32 Å². The van der Waals surface area contributed by atoms with Gasteiger partial charge in [0.25, 0.3) is 0 Å². The molecule has 1 aromatic rings. The van der Waals surface area contributed by atoms with Gasteiger partial charge in [-0.1, -0.05) is 24.6 Å². The van der Waals surface area contributed by atoms with E-state index in [0.717, 1.165) is 12.1 Å². The summed E-state index contributed by atoms with van der Waals surface area (Å²) < 4.78 is 38.0. The third-order valence-corrected chi connectivity index (χ3v) is 3.59. The van der Waals surface area contributed by atoms with Gasteiger partial charge in [0.05, 0.1) is 0 Å². The summed E-state index contributed by atoms with van der Waals surface area (Å²) >= 11 is 6.23. The van der Waals surface area contributed by atoms with Crippen LogP contribution in [0.2, 0.25) is 5.02 Å². The third-order valence-electron chi connectivity index (χ3n) is 3.27. The Bertz CT molecular complexity index is 461. The largest absolute Gasteiger partial charge is 0.405 e. The van der Waals surface area contributed by atoms with Crippen LogP contribution in [0.15, 0.2) is 18.2 Å². The Morgan fingerprint density at radius 2 is 1.86 bits per heavy atom. The molecule has 0 amide bonds. The van der Waals surface area contributed by atoms with Crippen molar-refractivity contribution < 1.29 is 13.2 Å². The molecule has 1 unspecified atom stereocenters. The predicted octanol–water partition coefficient (Wildman–Crippen LogP) is 4.79. The van der Waals surface area contributed by atoms with E-state index in [0.29, 0.717) is 10.7 Å². The van der Waals surface area contributed by atoms with Crippen LogP contribution in [-0.4, -0.2) is 25.3 Å². The van der Waals surface area contributed by atoms with Gasteiger partial charge in [0, 0.05) is 22.8 Å². The number of halogens is 4. The van der Waals surface area contributed by atoms with Gasteiger partial charge in [0.2, 0.25) is 0 Å². The molecule has 0 radical (unpaired) electrons. The lowest BCUT2D eigenvalue weighted by atomic mass is 10.1. The van der Waals surface area contributed by atoms with Crippen LogP contribution in [0.3, 0.4) is 0 Å². The van der Waals surface area contributed by atoms with Crippen molar-refractivity contribution in [3.8, 4) is 0 Å². The van der Waals surface area contributed by atoms with Crippen molar-refractivity contribution >= 4 is 17.3 Å². The molecule has 120 valence electrons. The predicted molar refractivity (Wildman–Crippen MR) is 82.1 cm³/mol. The third kappa shape index (κ3) is 5.40. The van der Waals surface area contributed by atoms with Crippen LogP contribution >= 0.6 is 11.6 Å². The normalized spacial score (nSPS) is 13.6. The molecule has 0 saturated carbocycles. The lowest BCUT2D eigenvalue weighted by Gasteiger charge is -2.30. The first-order chi connectivity index (χ1) is 9.65. The van der Waals surface area contributed by atoms with E-state index in [1.807, 2.05) is 13.8 Å². The fourth-order valence-electron chi connectivity index (χ4n) is 2.23. The van der Waals surface area contributed by atoms with E-state index < -0.39 is 12.7 Å². The fourth-order valence-corrected chi connectivity index (χ4v) is 2.57. The average molecular weight is 323 g/mol. The number of nitrogens with zero attached hydrogens (tertiary/aromatic N) is 1. The molecule has 0 aliphatic rings. The summed E-state index contributed by atoms with van der Waals surface area (Å²) in [7, 11) is 0. The molecule has 0 aromatic heterocycles. The lowest BCUT2D eigenvalue weighted by molar-refractivity contribution is -0.120. The molecule has 1 N–H and O–H groups in total. The summed E-state index contributed by atoms with van der Waals surface area (Å²) in [6.07, 6.45) is -4.24. The maximum absolute atomic E-state index is 12.7. The van der Waals surface area contributed by atoms with Gasteiger partial charge in [-0.05, 0) is 45.0 Å². The minimum absolute atomic E-state index is 0.0617. The summed E-state index contributed by atoms with van der Waals surface area (Å²) in [6.45, 7) is 7.24. The lowest BCUT2D eigenvalue weighted by Crippen LogP contribution is -2.39. The number of benzene rings is 1. The molecule has 1 atom stereocenters. The Labute approximate surface area is 129 Å². The molecule has 1 aromatic carbocycles. The Kier molecular flexibility index (Phi) is 6.35. The zero-order chi connectivity index (χ0) is 16.2. The van der Waals surface area contributed by atoms with Crippen LogP contribution in [0, 0.1) is 0 Å². The van der Waals surface area contributed by atoms with E-state index in [2.05, 4.69) is 5.32 Å². The molecular weight excluding hydrogens is 301 g/mol. The van der Waals surface area contributed by atoms with E-state index in [9.17, 15) is 13.2 Å². The standard InChI is InChI=1S/C15H22ClF3N2/c1-5-20-11(4)13-7-6-12(8-14(13)16)21(10(2)3)9-15(17,18)19/h6-8,10-11,20H,5,9H2,1-4H3. The second-order valence-electron chi connectivity index (χ2n) is 5.32. The smallest absolute Gasteiger partial charge is 0.360 e. The molecule has 0 fully saturated rings. The Balaban J connectivity index is 3.04. The molecule has 21 heavy (non-hydrogen) atoms. The molecule has 0 saturated heterocycles. The zero-order valence-corrected chi connectivity index (χ0v) is 13.5. The van der Waals surface area contributed by atoms with Gasteiger partial charge in [-0.2, -0.15) is 13.2 Å². The molecule has 1 rings (SSSR count). The number of anilines is 1. The first-order valence-corrected chi connectivity index (χ1v) is 7.39. The second kappa shape index (κ2) is 7.36. The van der Waals surface area contributed by atoms with Gasteiger partial charge in [-0.3, -0.25) is 0 Å². The van der Waals surface area contributed by atoms with E-state index in [1.165, 1.54) is 4.90 Å². The van der Waals surface area contributed by atoms with Crippen molar-refractivity contribution in [2.75, 3.05) is 18.0 Å². The van der Waals surface area contributed by atoms with Crippen LogP contribution < -0.4 is 10.2 Å². The molecule has 6 heteroatoms. The molecule has 0 spiro atoms. The van der Waals surface area contributed by atoms with Crippen molar-refractivity contribution in [3.05, 3.63) is 28.8 Å². The van der Waals surface area contributed by atoms with Gasteiger partial charge in [-0.15, -0.1) is 0 Å². The summed E-state index contributed by atoms with van der Waals surface area (Å²) in [4.78, 5) is 1.30. The Morgan fingerprint density at radius 3 is 2.29 bits per heavy atom. The molecule has 0 heterocycles. The van der Waals surface area contributed by atoms with Gasteiger partial charge < -0.3 is 10.2 Å². The van der Waals surface area contributed by atoms with Gasteiger partial charge >= 0.3 is 6.18 Å². The van der Waals surface area contributed by atoms with Crippen LogP contribution in [-0.2, 0) is 0 Å². The highest BCUT2D eigenvalue weighted by atomic mass is 35.5. The van der Waals surface area contributed by atoms with Crippen LogP contribution in [0.4, 0.5) is 18.9 Å². The molecule has 0 aliphatic heterocycles. The number of rotatable bonds is 6. The highest BCUT2D eigenvalue weighted by molar-refractivity contribution is 6.31. The average Bonchev–Trinajstić information content (AvgIpc) is 2.34. The maximum Gasteiger partial charge on any atom is 0.405 e. The molecule has 0 bridgehead atoms. The first-order valence-electron chi connectivity index (χ1n) is 7.02. The van der Waals surface area contributed by atoms with Gasteiger partial charge in [0.1, 0.15) is 6.54 Å². The van der Waals surface area contributed by atoms with Crippen molar-refractivity contribution in [2.45, 2.75) is 46.0 Å². The van der Waals surface area contributed by atoms with Crippen molar-refractivity contribution in [3.63, 3.8) is 0 Å². The Morgan fingerprint density at radius 1 is 1.24 bits per heavy atom. The molecule has 2 nitrogen and oxygen atoms in total. The van der Waals surface area contributed by atoms with E-state index in [1.54, 1.807) is 32.0 Å². The topological polar surface area (TPSA) is 15.3 Å². The fraction of sp³-hybridized carbons (Fsp3) is 0.600. The summed E-state index contributed by atoms with van der Waals surface area (Å²) in [5.41, 5.74) is 1.37. The highest BCUT2D eigenvalue weighted by Crippen LogP contribution is 2.30. The summed E-state index contributed by atoms with van der Waals surface area (Å²) in [5.74, 6) is 0. The van der Waals surface area contributed by atoms with Crippen molar-refractivity contribution in [2.24, 2.45) is 0 Å². The SMILES string of the molecule is CCNC(C)c1ccc(N(CC(F)(F)F)C(C)C)cc1Cl. The molecular formula is C15H22ClF3N2. The minimum Gasteiger partial charge on any atom is -0.360 e. The summed E-state index contributed by atoms with van der Waals surface area (Å²) in [6, 6.07) is 4.89. The number of hydrogen-bond donors (Lipinski definition) is 1. The maximum atomic E-state index is 12.7. The number of hydrogen-bond acceptors (Lipinski definition) is 2. The first kappa shape index (κ1) is 18.1. The summed E-state index contributed by atoms with van der Waals surface area (Å²) in [5, 5.41) is 3.71. The monoisotopic (exact) mass is 322 g/mol. The minimum atomic E-state index is -4.24. The highest BCUT2D eigenvalue weighted by Gasteiger charge is 2.32. The molecule has 0 aliphatic carbocycles. The van der Waals surface area contributed by atoms with Crippen LogP contribution in [0.1, 0.15) is 39.3 Å². The zero-order valence-electron chi connectivity index (χ0n) is 12.8. The van der Waals surface area contributed by atoms with Crippen molar-refractivity contribution in [1.29, 1.82) is 0 Å². The van der Waals surface area contributed by atoms with E-state index >= 15 is 0 Å². The van der Waals surface area contributed by atoms with Crippen LogP contribution in [0.5, 0.6) is 0 Å². The quantitative estimate of drug-likeness (QED) is 0.810. The van der Waals surface area contributed by atoms with E-state index in [-0.39, 0.29) is 12.1 Å². The van der Waals surface area contributed by atoms with Gasteiger partial charge in [0.15, 0.2) is 0 Å². The van der Waals surface area contributed by atoms with E-state index in [4.69, 9.17) is 11.6 Å². The Hall–Kier alpha value is -0.940.